The van der Waals surface area contributed by atoms with Gasteiger partial charge in [0, 0.05) is 6.08 Å². The zero-order chi connectivity index (χ0) is 16.4. The summed E-state index contributed by atoms with van der Waals surface area (Å²) in [5, 5.41) is 0. The largest absolute Gasteiger partial charge is 0.494 e. The van der Waals surface area contributed by atoms with Gasteiger partial charge in [0.05, 0.1) is 17.8 Å². The van der Waals surface area contributed by atoms with E-state index in [0.717, 1.165) is 11.0 Å². The number of carbonyl (C=O) groups is 1. The van der Waals surface area contributed by atoms with Gasteiger partial charge in [-0.15, -0.1) is 0 Å². The van der Waals surface area contributed by atoms with Crippen molar-refractivity contribution >= 4 is 24.6 Å². The van der Waals surface area contributed by atoms with Crippen molar-refractivity contribution in [1.82, 2.24) is 0 Å². The lowest BCUT2D eigenvalue weighted by molar-refractivity contribution is -0.137. The average Bonchev–Trinajstić information content (AvgIpc) is 2.66. The van der Waals surface area contributed by atoms with E-state index in [1.54, 1.807) is 13.0 Å². The molecule has 1 saturated heterocycles. The van der Waals surface area contributed by atoms with Gasteiger partial charge in [0.25, 0.3) is 0 Å². The monoisotopic (exact) mass is 302 g/mol. The molecule has 1 aliphatic heterocycles. The van der Waals surface area contributed by atoms with Gasteiger partial charge >= 0.3 is 13.1 Å². The van der Waals surface area contributed by atoms with Crippen LogP contribution in [0.15, 0.2) is 30.3 Å². The molecule has 1 aromatic carbocycles. The summed E-state index contributed by atoms with van der Waals surface area (Å²) in [6.07, 6.45) is 3.15. The maximum Gasteiger partial charge on any atom is 0.494 e. The van der Waals surface area contributed by atoms with E-state index in [9.17, 15) is 4.79 Å². The maximum absolute atomic E-state index is 11.3. The number of benzene rings is 1. The molecule has 0 aliphatic carbocycles. The Morgan fingerprint density at radius 1 is 1.14 bits per heavy atom. The molecule has 0 bridgehead atoms. The standard InChI is InChI=1S/C17H23BO4/c1-6-20-15(19)12-9-13-7-10-14(11-8-13)18-21-16(2,3)17(4,5)22-18/h7-12H,6H2,1-5H3/b12-9+. The molecule has 4 nitrogen and oxygen atoms in total. The topological polar surface area (TPSA) is 44.8 Å². The Bertz CT molecular complexity index is 545. The van der Waals surface area contributed by atoms with Crippen LogP contribution in [0.5, 0.6) is 0 Å². The number of hydrogen-bond acceptors (Lipinski definition) is 4. The Kier molecular flexibility index (Phi) is 4.78. The first-order chi connectivity index (χ1) is 10.2. The van der Waals surface area contributed by atoms with Crippen molar-refractivity contribution in [3.63, 3.8) is 0 Å². The third-order valence-electron chi connectivity index (χ3n) is 4.16. The van der Waals surface area contributed by atoms with Gasteiger partial charge in [-0.05, 0) is 51.7 Å². The summed E-state index contributed by atoms with van der Waals surface area (Å²) in [6.45, 7) is 10.3. The highest BCUT2D eigenvalue weighted by Gasteiger charge is 2.51. The van der Waals surface area contributed by atoms with Crippen molar-refractivity contribution in [1.29, 1.82) is 0 Å². The van der Waals surface area contributed by atoms with E-state index < -0.39 is 0 Å². The van der Waals surface area contributed by atoms with Crippen molar-refractivity contribution in [2.75, 3.05) is 6.61 Å². The molecular weight excluding hydrogens is 279 g/mol. The molecule has 0 spiro atoms. The van der Waals surface area contributed by atoms with Crippen LogP contribution in [0.2, 0.25) is 0 Å². The van der Waals surface area contributed by atoms with Gasteiger partial charge in [-0.2, -0.15) is 0 Å². The SMILES string of the molecule is CCOC(=O)/C=C/c1ccc(B2OC(C)(C)C(C)(C)O2)cc1. The summed E-state index contributed by atoms with van der Waals surface area (Å²) in [5.74, 6) is -0.336. The highest BCUT2D eigenvalue weighted by Crippen LogP contribution is 2.36. The van der Waals surface area contributed by atoms with Crippen LogP contribution in [0.25, 0.3) is 6.08 Å². The minimum atomic E-state index is -0.368. The summed E-state index contributed by atoms with van der Waals surface area (Å²) >= 11 is 0. The minimum absolute atomic E-state index is 0.336. The molecular formula is C17H23BO4. The van der Waals surface area contributed by atoms with Crippen LogP contribution >= 0.6 is 0 Å². The van der Waals surface area contributed by atoms with E-state index in [1.807, 2.05) is 52.0 Å². The third kappa shape index (κ3) is 3.59. The van der Waals surface area contributed by atoms with Crippen LogP contribution in [0.4, 0.5) is 0 Å². The summed E-state index contributed by atoms with van der Waals surface area (Å²) < 4.78 is 16.9. The molecule has 1 aliphatic rings. The van der Waals surface area contributed by atoms with E-state index in [-0.39, 0.29) is 24.3 Å². The summed E-state index contributed by atoms with van der Waals surface area (Å²) in [5.41, 5.74) is 1.19. The van der Waals surface area contributed by atoms with Gasteiger partial charge in [0.1, 0.15) is 0 Å². The first kappa shape index (κ1) is 16.8. The molecule has 0 amide bonds. The summed E-state index contributed by atoms with van der Waals surface area (Å²) in [6, 6.07) is 7.76. The quantitative estimate of drug-likeness (QED) is 0.487. The molecule has 118 valence electrons. The number of carbonyl (C=O) groups excluding carboxylic acids is 1. The predicted molar refractivity (Wildman–Crippen MR) is 87.8 cm³/mol. The van der Waals surface area contributed by atoms with Gasteiger partial charge < -0.3 is 14.0 Å². The number of rotatable bonds is 4. The first-order valence-electron chi connectivity index (χ1n) is 7.55. The Labute approximate surface area is 132 Å². The normalized spacial score (nSPS) is 19.6. The molecule has 5 heteroatoms. The van der Waals surface area contributed by atoms with E-state index in [4.69, 9.17) is 14.0 Å². The second-order valence-corrected chi connectivity index (χ2v) is 6.34. The van der Waals surface area contributed by atoms with Crippen molar-refractivity contribution in [3.8, 4) is 0 Å². The maximum atomic E-state index is 11.3. The van der Waals surface area contributed by atoms with Crippen molar-refractivity contribution in [2.45, 2.75) is 45.8 Å². The second-order valence-electron chi connectivity index (χ2n) is 6.34. The Balaban J connectivity index is 2.06. The van der Waals surface area contributed by atoms with Gasteiger partial charge in [0.2, 0.25) is 0 Å². The first-order valence-corrected chi connectivity index (χ1v) is 7.55. The zero-order valence-corrected chi connectivity index (χ0v) is 13.9. The molecule has 0 saturated carbocycles. The smallest absolute Gasteiger partial charge is 0.463 e. The van der Waals surface area contributed by atoms with Crippen LogP contribution in [-0.4, -0.2) is 30.9 Å². The molecule has 0 atom stereocenters. The van der Waals surface area contributed by atoms with Crippen LogP contribution in [-0.2, 0) is 18.8 Å². The Morgan fingerprint density at radius 2 is 1.68 bits per heavy atom. The van der Waals surface area contributed by atoms with Crippen LogP contribution in [0, 0.1) is 0 Å². The molecule has 0 unspecified atom stereocenters. The lowest BCUT2D eigenvalue weighted by Gasteiger charge is -2.32. The fourth-order valence-corrected chi connectivity index (χ4v) is 2.10. The minimum Gasteiger partial charge on any atom is -0.463 e. The van der Waals surface area contributed by atoms with Gasteiger partial charge in [0.15, 0.2) is 0 Å². The van der Waals surface area contributed by atoms with Crippen LogP contribution in [0.1, 0.15) is 40.2 Å². The molecule has 1 fully saturated rings. The third-order valence-corrected chi connectivity index (χ3v) is 4.16. The summed E-state index contributed by atoms with van der Waals surface area (Å²) in [7, 11) is -0.368. The lowest BCUT2D eigenvalue weighted by Crippen LogP contribution is -2.41. The van der Waals surface area contributed by atoms with E-state index in [1.165, 1.54) is 6.08 Å². The van der Waals surface area contributed by atoms with E-state index in [2.05, 4.69) is 0 Å². The molecule has 0 aromatic heterocycles. The fourth-order valence-electron chi connectivity index (χ4n) is 2.10. The Hall–Kier alpha value is -1.59. The van der Waals surface area contributed by atoms with Crippen LogP contribution < -0.4 is 5.46 Å². The molecule has 0 radical (unpaired) electrons. The zero-order valence-electron chi connectivity index (χ0n) is 13.9. The average molecular weight is 302 g/mol. The van der Waals surface area contributed by atoms with E-state index in [0.29, 0.717) is 6.61 Å². The molecule has 0 N–H and O–H groups in total. The predicted octanol–water partition coefficient (Wildman–Crippen LogP) is 2.56. The van der Waals surface area contributed by atoms with Crippen molar-refractivity contribution < 1.29 is 18.8 Å². The lowest BCUT2D eigenvalue weighted by atomic mass is 9.79. The van der Waals surface area contributed by atoms with Gasteiger partial charge in [-0.1, -0.05) is 24.3 Å². The van der Waals surface area contributed by atoms with Crippen LogP contribution in [0.3, 0.4) is 0 Å². The van der Waals surface area contributed by atoms with Gasteiger partial charge in [-0.3, -0.25) is 0 Å². The van der Waals surface area contributed by atoms with Crippen molar-refractivity contribution in [3.05, 3.63) is 35.9 Å². The molecule has 22 heavy (non-hydrogen) atoms. The van der Waals surface area contributed by atoms with E-state index >= 15 is 0 Å². The van der Waals surface area contributed by atoms with Crippen molar-refractivity contribution in [2.24, 2.45) is 0 Å². The number of hydrogen-bond donors (Lipinski definition) is 0. The molecule has 1 heterocycles. The second kappa shape index (κ2) is 6.27. The number of esters is 1. The molecule has 2 rings (SSSR count). The number of ether oxygens (including phenoxy) is 1. The molecule has 1 aromatic rings. The summed E-state index contributed by atoms with van der Waals surface area (Å²) in [4.78, 5) is 11.3. The fraction of sp³-hybridized carbons (Fsp3) is 0.471. The highest BCUT2D eigenvalue weighted by atomic mass is 16.7. The Morgan fingerprint density at radius 3 is 2.18 bits per heavy atom. The van der Waals surface area contributed by atoms with Gasteiger partial charge in [-0.25, -0.2) is 4.79 Å². The highest BCUT2D eigenvalue weighted by molar-refractivity contribution is 6.62.